The Bertz CT molecular complexity index is 1450. The van der Waals surface area contributed by atoms with Gasteiger partial charge in [-0.1, -0.05) is 24.3 Å². The first kappa shape index (κ1) is 24.8. The van der Waals surface area contributed by atoms with Crippen molar-refractivity contribution in [1.29, 1.82) is 0 Å². The predicted molar refractivity (Wildman–Crippen MR) is 131 cm³/mol. The van der Waals surface area contributed by atoms with Gasteiger partial charge in [-0.15, -0.1) is 0 Å². The molecule has 0 fully saturated rings. The third kappa shape index (κ3) is 4.50. The Morgan fingerprint density at radius 1 is 0.583 bits per heavy atom. The lowest BCUT2D eigenvalue weighted by molar-refractivity contribution is -0.385. The first-order valence-corrected chi connectivity index (χ1v) is 13.2. The molecule has 0 amide bonds. The zero-order chi connectivity index (χ0) is 26.1. The van der Waals surface area contributed by atoms with Gasteiger partial charge in [0.1, 0.15) is 0 Å². The smallest absolute Gasteiger partial charge is 0.260 e. The van der Waals surface area contributed by atoms with Crippen LogP contribution in [0.2, 0.25) is 0 Å². The summed E-state index contributed by atoms with van der Waals surface area (Å²) in [7, 11) is -8.49. The zero-order valence-corrected chi connectivity index (χ0v) is 20.0. The average molecular weight is 531 g/mol. The van der Waals surface area contributed by atoms with Crippen LogP contribution < -0.4 is 8.61 Å². The number of benzene rings is 3. The van der Waals surface area contributed by atoms with Crippen molar-refractivity contribution < 1.29 is 26.7 Å². The molecule has 12 nitrogen and oxygen atoms in total. The molecule has 0 unspecified atom stereocenters. The molecule has 0 atom stereocenters. The summed E-state index contributed by atoms with van der Waals surface area (Å²) in [6.45, 7) is -0.219. The van der Waals surface area contributed by atoms with E-state index < -0.39 is 29.9 Å². The molecule has 0 spiro atoms. The number of sulfonamides is 2. The van der Waals surface area contributed by atoms with Crippen molar-refractivity contribution in [2.24, 2.45) is 0 Å². The lowest BCUT2D eigenvalue weighted by Crippen LogP contribution is -2.37. The van der Waals surface area contributed by atoms with Gasteiger partial charge in [-0.05, 0) is 36.4 Å². The molecular weight excluding hydrogens is 512 g/mol. The summed E-state index contributed by atoms with van der Waals surface area (Å²) < 4.78 is 56.1. The topological polar surface area (TPSA) is 161 Å². The molecule has 0 bridgehead atoms. The van der Waals surface area contributed by atoms with Gasteiger partial charge in [0.15, 0.2) is 0 Å². The van der Waals surface area contributed by atoms with E-state index in [4.69, 9.17) is 0 Å². The van der Waals surface area contributed by atoms with Gasteiger partial charge in [-0.3, -0.25) is 28.8 Å². The van der Waals surface area contributed by atoms with Crippen molar-refractivity contribution in [2.75, 3.05) is 21.7 Å². The third-order valence-corrected chi connectivity index (χ3v) is 8.99. The fourth-order valence-corrected chi connectivity index (χ4v) is 6.47. The number of anilines is 2. The Hall–Kier alpha value is -4.30. The van der Waals surface area contributed by atoms with E-state index in [1.54, 1.807) is 12.1 Å². The van der Waals surface area contributed by atoms with Crippen molar-refractivity contribution in [2.45, 2.75) is 9.79 Å². The van der Waals surface area contributed by atoms with Gasteiger partial charge in [-0.2, -0.15) is 0 Å². The highest BCUT2D eigenvalue weighted by Crippen LogP contribution is 2.37. The highest BCUT2D eigenvalue weighted by atomic mass is 32.2. The molecule has 1 aliphatic heterocycles. The maximum atomic E-state index is 13.5. The molecule has 1 aliphatic rings. The van der Waals surface area contributed by atoms with E-state index in [0.717, 1.165) is 57.1 Å². The van der Waals surface area contributed by atoms with E-state index in [0.29, 0.717) is 0 Å². The van der Waals surface area contributed by atoms with Crippen molar-refractivity contribution >= 4 is 42.8 Å². The highest BCUT2D eigenvalue weighted by molar-refractivity contribution is 7.93. The van der Waals surface area contributed by atoms with Crippen molar-refractivity contribution in [1.82, 2.24) is 0 Å². The minimum atomic E-state index is -4.24. The van der Waals surface area contributed by atoms with E-state index in [1.807, 2.05) is 0 Å². The van der Waals surface area contributed by atoms with Crippen molar-refractivity contribution in [3.8, 4) is 0 Å². The number of fused-ring (bicyclic) bond motifs is 1. The van der Waals surface area contributed by atoms with Crippen LogP contribution in [-0.2, 0) is 20.0 Å². The monoisotopic (exact) mass is 530 g/mol. The molecule has 0 N–H and O–H groups in total. The second-order valence-corrected chi connectivity index (χ2v) is 11.3. The summed E-state index contributed by atoms with van der Waals surface area (Å²) in [5.74, 6) is 0. The van der Waals surface area contributed by atoms with Gasteiger partial charge < -0.3 is 0 Å². The predicted octanol–water partition coefficient (Wildman–Crippen LogP) is 3.46. The largest absolute Gasteiger partial charge is 0.269 e. The van der Waals surface area contributed by atoms with Crippen molar-refractivity contribution in [3.63, 3.8) is 0 Å². The van der Waals surface area contributed by atoms with Crippen LogP contribution in [0.5, 0.6) is 0 Å². The number of para-hydroxylation sites is 2. The molecule has 0 saturated carbocycles. The summed E-state index contributed by atoms with van der Waals surface area (Å²) >= 11 is 0. The molecule has 14 heteroatoms. The summed E-state index contributed by atoms with van der Waals surface area (Å²) in [5, 5.41) is 21.9. The number of nitrogens with zero attached hydrogens (tertiary/aromatic N) is 4. The van der Waals surface area contributed by atoms with E-state index in [1.165, 1.54) is 24.3 Å². The van der Waals surface area contributed by atoms with Crippen LogP contribution in [0.4, 0.5) is 22.7 Å². The second-order valence-electron chi connectivity index (χ2n) is 7.53. The standard InChI is InChI=1S/C22H18N4O8S2/c27-25(28)17-7-11-19(12-8-17)35(31,32)23-15-3-4-16-24(22-6-2-1-5-21(22)23)36(33,34)20-13-9-18(10-14-20)26(29)30/h1-14H,15-16H2/b4-3-. The molecule has 0 radical (unpaired) electrons. The Morgan fingerprint density at radius 3 is 1.22 bits per heavy atom. The van der Waals surface area contributed by atoms with Crippen LogP contribution in [0.15, 0.2) is 94.7 Å². The first-order chi connectivity index (χ1) is 17.0. The molecule has 4 rings (SSSR count). The number of hydrogen-bond donors (Lipinski definition) is 0. The van der Waals surface area contributed by atoms with Crippen LogP contribution in [0.1, 0.15) is 0 Å². The molecule has 1 heterocycles. The van der Waals surface area contributed by atoms with Crippen LogP contribution in [0.3, 0.4) is 0 Å². The van der Waals surface area contributed by atoms with E-state index >= 15 is 0 Å². The van der Waals surface area contributed by atoms with E-state index in [2.05, 4.69) is 0 Å². The minimum absolute atomic E-state index is 0.0747. The summed E-state index contributed by atoms with van der Waals surface area (Å²) in [5.41, 5.74) is -0.402. The molecule has 0 aromatic heterocycles. The van der Waals surface area contributed by atoms with Crippen LogP contribution in [-0.4, -0.2) is 39.8 Å². The van der Waals surface area contributed by atoms with E-state index in [9.17, 15) is 37.1 Å². The molecule has 3 aromatic rings. The van der Waals surface area contributed by atoms with Gasteiger partial charge in [0, 0.05) is 24.3 Å². The maximum absolute atomic E-state index is 13.5. The van der Waals surface area contributed by atoms with Crippen molar-refractivity contribution in [3.05, 3.63) is 105 Å². The first-order valence-electron chi connectivity index (χ1n) is 10.3. The van der Waals surface area contributed by atoms with Crippen LogP contribution in [0.25, 0.3) is 0 Å². The molecule has 0 aliphatic carbocycles. The molecule has 186 valence electrons. The fourth-order valence-electron chi connectivity index (χ4n) is 3.61. The fraction of sp³-hybridized carbons (Fsp3) is 0.0909. The van der Waals surface area contributed by atoms with Gasteiger partial charge in [0.2, 0.25) is 0 Å². The highest BCUT2D eigenvalue weighted by Gasteiger charge is 2.33. The van der Waals surface area contributed by atoms with Gasteiger partial charge in [0.25, 0.3) is 31.4 Å². The van der Waals surface area contributed by atoms with Gasteiger partial charge >= 0.3 is 0 Å². The molecular formula is C22H18N4O8S2. The molecule has 36 heavy (non-hydrogen) atoms. The normalized spacial score (nSPS) is 14.9. The SMILES string of the molecule is O=[N+]([O-])c1ccc(S(=O)(=O)N2C/C=C\CN(S(=O)(=O)c3ccc([N+](=O)[O-])cc3)c3ccccc32)cc1. The summed E-state index contributed by atoms with van der Waals surface area (Å²) in [4.78, 5) is 20.2. The van der Waals surface area contributed by atoms with Crippen LogP contribution >= 0.6 is 0 Å². The maximum Gasteiger partial charge on any atom is 0.269 e. The number of nitro benzene ring substituents is 2. The Balaban J connectivity index is 1.81. The summed E-state index contributed by atoms with van der Waals surface area (Å²) in [6, 6.07) is 14.8. The zero-order valence-electron chi connectivity index (χ0n) is 18.4. The molecule has 0 saturated heterocycles. The van der Waals surface area contributed by atoms with Crippen LogP contribution in [0, 0.1) is 20.2 Å². The Labute approximate surface area is 206 Å². The lowest BCUT2D eigenvalue weighted by atomic mass is 10.2. The second kappa shape index (κ2) is 9.39. The van der Waals surface area contributed by atoms with E-state index in [-0.39, 0.29) is 45.6 Å². The lowest BCUT2D eigenvalue weighted by Gasteiger charge is -2.32. The minimum Gasteiger partial charge on any atom is -0.260 e. The number of nitro groups is 2. The Morgan fingerprint density at radius 2 is 0.917 bits per heavy atom. The Kier molecular flexibility index (Phi) is 6.47. The van der Waals surface area contributed by atoms with Gasteiger partial charge in [-0.25, -0.2) is 16.8 Å². The average Bonchev–Trinajstić information content (AvgIpc) is 2.84. The van der Waals surface area contributed by atoms with Gasteiger partial charge in [0.05, 0.1) is 44.1 Å². The number of non-ortho nitro benzene ring substituents is 2. The number of rotatable bonds is 6. The molecule has 3 aromatic carbocycles. The summed E-state index contributed by atoms with van der Waals surface area (Å²) in [6.07, 6.45) is 2.99. The quantitative estimate of drug-likeness (QED) is 0.266. The number of hydrogen-bond acceptors (Lipinski definition) is 8. The third-order valence-electron chi connectivity index (χ3n) is 5.40.